The molecule has 0 aromatic carbocycles. The first-order chi connectivity index (χ1) is 9.20. The van der Waals surface area contributed by atoms with Gasteiger partial charge in [-0.25, -0.2) is 0 Å². The SMILES string of the molecule is Cc1cnn(C[C@@H]2CCCN2Cc2cc(C)on2)c1. The summed E-state index contributed by atoms with van der Waals surface area (Å²) in [5, 5.41) is 8.47. The Morgan fingerprint density at radius 2 is 2.32 bits per heavy atom. The van der Waals surface area contributed by atoms with Gasteiger partial charge in [0.05, 0.1) is 18.4 Å². The van der Waals surface area contributed by atoms with E-state index in [1.807, 2.05) is 23.9 Å². The Balaban J connectivity index is 1.64. The lowest BCUT2D eigenvalue weighted by atomic mass is 10.2. The van der Waals surface area contributed by atoms with Crippen LogP contribution in [0.25, 0.3) is 0 Å². The molecular formula is C14H20N4O. The highest BCUT2D eigenvalue weighted by atomic mass is 16.5. The molecule has 1 aliphatic heterocycles. The first-order valence-corrected chi connectivity index (χ1v) is 6.86. The van der Waals surface area contributed by atoms with Crippen LogP contribution in [0, 0.1) is 13.8 Å². The van der Waals surface area contributed by atoms with Crippen molar-refractivity contribution in [2.45, 2.75) is 45.8 Å². The molecule has 1 atom stereocenters. The Hall–Kier alpha value is -1.62. The summed E-state index contributed by atoms with van der Waals surface area (Å²) in [6.45, 7) is 6.99. The van der Waals surface area contributed by atoms with Gasteiger partial charge in [0.1, 0.15) is 5.76 Å². The zero-order valence-electron chi connectivity index (χ0n) is 11.5. The third-order valence-corrected chi connectivity index (χ3v) is 3.70. The molecule has 5 heteroatoms. The second-order valence-corrected chi connectivity index (χ2v) is 5.44. The molecule has 0 amide bonds. The molecule has 19 heavy (non-hydrogen) atoms. The summed E-state index contributed by atoms with van der Waals surface area (Å²) in [6, 6.07) is 2.57. The third-order valence-electron chi connectivity index (χ3n) is 3.70. The van der Waals surface area contributed by atoms with Crippen molar-refractivity contribution in [3.05, 3.63) is 35.5 Å². The molecule has 0 aliphatic carbocycles. The number of hydrogen-bond acceptors (Lipinski definition) is 4. The van der Waals surface area contributed by atoms with Gasteiger partial charge in [-0.05, 0) is 38.8 Å². The van der Waals surface area contributed by atoms with E-state index >= 15 is 0 Å². The van der Waals surface area contributed by atoms with E-state index in [0.29, 0.717) is 6.04 Å². The fourth-order valence-electron chi connectivity index (χ4n) is 2.79. The topological polar surface area (TPSA) is 47.1 Å². The Morgan fingerprint density at radius 3 is 3.00 bits per heavy atom. The van der Waals surface area contributed by atoms with Gasteiger partial charge < -0.3 is 4.52 Å². The molecule has 0 radical (unpaired) electrons. The smallest absolute Gasteiger partial charge is 0.133 e. The summed E-state index contributed by atoms with van der Waals surface area (Å²) in [5.41, 5.74) is 2.25. The van der Waals surface area contributed by atoms with Crippen LogP contribution in [0.15, 0.2) is 23.0 Å². The van der Waals surface area contributed by atoms with Crippen LogP contribution in [0.3, 0.4) is 0 Å². The van der Waals surface area contributed by atoms with E-state index in [2.05, 4.69) is 28.3 Å². The van der Waals surface area contributed by atoms with Crippen molar-refractivity contribution in [3.8, 4) is 0 Å². The van der Waals surface area contributed by atoms with E-state index in [0.717, 1.165) is 31.1 Å². The first kappa shape index (κ1) is 12.4. The molecule has 0 N–H and O–H groups in total. The fourth-order valence-corrected chi connectivity index (χ4v) is 2.79. The maximum Gasteiger partial charge on any atom is 0.133 e. The van der Waals surface area contributed by atoms with Crippen LogP contribution in [0.2, 0.25) is 0 Å². The van der Waals surface area contributed by atoms with Gasteiger partial charge in [-0.3, -0.25) is 9.58 Å². The van der Waals surface area contributed by atoms with E-state index in [4.69, 9.17) is 4.52 Å². The molecule has 1 fully saturated rings. The Bertz CT molecular complexity index is 497. The molecule has 0 bridgehead atoms. The molecule has 1 saturated heterocycles. The molecule has 1 aliphatic rings. The number of aryl methyl sites for hydroxylation is 2. The highest BCUT2D eigenvalue weighted by molar-refractivity contribution is 5.04. The summed E-state index contributed by atoms with van der Waals surface area (Å²) < 4.78 is 7.19. The van der Waals surface area contributed by atoms with Crippen LogP contribution < -0.4 is 0 Å². The van der Waals surface area contributed by atoms with Gasteiger partial charge in [-0.15, -0.1) is 0 Å². The summed E-state index contributed by atoms with van der Waals surface area (Å²) in [6.07, 6.45) is 6.51. The molecule has 2 aromatic heterocycles. The van der Waals surface area contributed by atoms with Crippen LogP contribution in [-0.4, -0.2) is 32.4 Å². The molecule has 102 valence electrons. The lowest BCUT2D eigenvalue weighted by molar-refractivity contribution is 0.213. The summed E-state index contributed by atoms with van der Waals surface area (Å²) in [5.74, 6) is 0.883. The van der Waals surface area contributed by atoms with Crippen LogP contribution >= 0.6 is 0 Å². The van der Waals surface area contributed by atoms with E-state index in [1.54, 1.807) is 0 Å². The maximum absolute atomic E-state index is 5.14. The predicted octanol–water partition coefficient (Wildman–Crippen LogP) is 2.15. The number of hydrogen-bond donors (Lipinski definition) is 0. The fraction of sp³-hybridized carbons (Fsp3) is 0.571. The second-order valence-electron chi connectivity index (χ2n) is 5.44. The normalized spacial score (nSPS) is 20.2. The molecule has 3 heterocycles. The number of aromatic nitrogens is 3. The van der Waals surface area contributed by atoms with E-state index in [1.165, 1.54) is 18.4 Å². The van der Waals surface area contributed by atoms with Gasteiger partial charge in [-0.1, -0.05) is 5.16 Å². The number of rotatable bonds is 4. The highest BCUT2D eigenvalue weighted by Crippen LogP contribution is 2.21. The van der Waals surface area contributed by atoms with Crippen molar-refractivity contribution in [2.75, 3.05) is 6.54 Å². The number of likely N-dealkylation sites (tertiary alicyclic amines) is 1. The zero-order chi connectivity index (χ0) is 13.2. The molecule has 5 nitrogen and oxygen atoms in total. The molecule has 2 aromatic rings. The summed E-state index contributed by atoms with van der Waals surface area (Å²) in [4.78, 5) is 2.48. The number of nitrogens with zero attached hydrogens (tertiary/aromatic N) is 4. The van der Waals surface area contributed by atoms with E-state index in [9.17, 15) is 0 Å². The summed E-state index contributed by atoms with van der Waals surface area (Å²) >= 11 is 0. The Morgan fingerprint density at radius 1 is 1.42 bits per heavy atom. The maximum atomic E-state index is 5.14. The average Bonchev–Trinajstić information content (AvgIpc) is 3.06. The van der Waals surface area contributed by atoms with Gasteiger partial charge in [0.25, 0.3) is 0 Å². The lowest BCUT2D eigenvalue weighted by Crippen LogP contribution is -2.32. The predicted molar refractivity (Wildman–Crippen MR) is 71.6 cm³/mol. The van der Waals surface area contributed by atoms with Gasteiger partial charge in [-0.2, -0.15) is 5.10 Å². The van der Waals surface area contributed by atoms with E-state index < -0.39 is 0 Å². The highest BCUT2D eigenvalue weighted by Gasteiger charge is 2.25. The standard InChI is InChI=1S/C14H20N4O/c1-11-7-15-18(8-11)10-14-4-3-5-17(14)9-13-6-12(2)19-16-13/h6-8,14H,3-5,9-10H2,1-2H3/t14-/m0/s1. The van der Waals surface area contributed by atoms with Crippen molar-refractivity contribution >= 4 is 0 Å². The molecule has 0 spiro atoms. The Labute approximate surface area is 113 Å². The second kappa shape index (κ2) is 5.17. The van der Waals surface area contributed by atoms with Crippen molar-refractivity contribution in [1.82, 2.24) is 19.8 Å². The monoisotopic (exact) mass is 260 g/mol. The van der Waals surface area contributed by atoms with E-state index in [-0.39, 0.29) is 0 Å². The quantitative estimate of drug-likeness (QED) is 0.845. The molecule has 0 unspecified atom stereocenters. The lowest BCUT2D eigenvalue weighted by Gasteiger charge is -2.23. The minimum atomic E-state index is 0.552. The molecular weight excluding hydrogens is 240 g/mol. The molecule has 0 saturated carbocycles. The van der Waals surface area contributed by atoms with Crippen LogP contribution in [0.1, 0.15) is 29.9 Å². The van der Waals surface area contributed by atoms with Gasteiger partial charge in [0.2, 0.25) is 0 Å². The minimum absolute atomic E-state index is 0.552. The van der Waals surface area contributed by atoms with Crippen LogP contribution in [-0.2, 0) is 13.1 Å². The van der Waals surface area contributed by atoms with Gasteiger partial charge in [0.15, 0.2) is 0 Å². The van der Waals surface area contributed by atoms with Crippen molar-refractivity contribution in [3.63, 3.8) is 0 Å². The van der Waals surface area contributed by atoms with Crippen molar-refractivity contribution < 1.29 is 4.52 Å². The van der Waals surface area contributed by atoms with Gasteiger partial charge in [0, 0.05) is 24.8 Å². The first-order valence-electron chi connectivity index (χ1n) is 6.86. The van der Waals surface area contributed by atoms with Gasteiger partial charge >= 0.3 is 0 Å². The average molecular weight is 260 g/mol. The third kappa shape index (κ3) is 2.87. The minimum Gasteiger partial charge on any atom is -0.361 e. The molecule has 3 rings (SSSR count). The van der Waals surface area contributed by atoms with Crippen LogP contribution in [0.5, 0.6) is 0 Å². The van der Waals surface area contributed by atoms with Crippen molar-refractivity contribution in [1.29, 1.82) is 0 Å². The largest absolute Gasteiger partial charge is 0.361 e. The summed E-state index contributed by atoms with van der Waals surface area (Å²) in [7, 11) is 0. The van der Waals surface area contributed by atoms with Crippen LogP contribution in [0.4, 0.5) is 0 Å². The Kier molecular flexibility index (Phi) is 3.38. The van der Waals surface area contributed by atoms with Crippen molar-refractivity contribution in [2.24, 2.45) is 0 Å². The zero-order valence-corrected chi connectivity index (χ0v) is 11.5.